The number of benzene rings is 1. The molecule has 3 unspecified atom stereocenters. The molecule has 6 heteroatoms. The van der Waals surface area contributed by atoms with Crippen LogP contribution in [0.2, 0.25) is 0 Å². The van der Waals surface area contributed by atoms with Gasteiger partial charge in [-0.25, -0.2) is 13.6 Å². The van der Waals surface area contributed by atoms with Gasteiger partial charge < -0.3 is 10.0 Å². The number of rotatable bonds is 4. The third-order valence-electron chi connectivity index (χ3n) is 5.10. The number of likely N-dealkylation sites (tertiary alicyclic amines) is 1. The van der Waals surface area contributed by atoms with Crippen molar-refractivity contribution in [2.45, 2.75) is 38.1 Å². The van der Waals surface area contributed by atoms with Crippen LogP contribution in [0.15, 0.2) is 18.2 Å². The Morgan fingerprint density at radius 1 is 1.26 bits per heavy atom. The third-order valence-corrected chi connectivity index (χ3v) is 5.10. The highest BCUT2D eigenvalue weighted by atomic mass is 19.2. The number of carboxylic acids is 1. The van der Waals surface area contributed by atoms with E-state index in [9.17, 15) is 23.5 Å². The molecule has 0 bridgehead atoms. The Bertz CT molecular complexity index is 634. The monoisotopic (exact) mass is 323 g/mol. The zero-order valence-corrected chi connectivity index (χ0v) is 12.7. The molecule has 1 saturated carbocycles. The van der Waals surface area contributed by atoms with Crippen LogP contribution in [0.4, 0.5) is 8.78 Å². The summed E-state index contributed by atoms with van der Waals surface area (Å²) < 4.78 is 26.8. The van der Waals surface area contributed by atoms with Crippen LogP contribution >= 0.6 is 0 Å². The van der Waals surface area contributed by atoms with Crippen molar-refractivity contribution in [1.82, 2.24) is 4.90 Å². The Kier molecular flexibility index (Phi) is 4.33. The van der Waals surface area contributed by atoms with E-state index in [1.807, 2.05) is 0 Å². The summed E-state index contributed by atoms with van der Waals surface area (Å²) in [5, 5.41) is 9.44. The molecule has 1 N–H and O–H groups in total. The van der Waals surface area contributed by atoms with E-state index in [1.54, 1.807) is 0 Å². The number of aryl methyl sites for hydroxylation is 1. The zero-order valence-electron chi connectivity index (χ0n) is 12.7. The number of hydrogen-bond acceptors (Lipinski definition) is 2. The minimum Gasteiger partial charge on any atom is -0.480 e. The summed E-state index contributed by atoms with van der Waals surface area (Å²) in [6.45, 7) is 0.464. The van der Waals surface area contributed by atoms with Crippen LogP contribution in [0, 0.1) is 23.5 Å². The fourth-order valence-electron chi connectivity index (χ4n) is 4.01. The van der Waals surface area contributed by atoms with Crippen molar-refractivity contribution in [2.24, 2.45) is 11.8 Å². The van der Waals surface area contributed by atoms with Crippen molar-refractivity contribution in [3.05, 3.63) is 35.4 Å². The first kappa shape index (κ1) is 15.9. The van der Waals surface area contributed by atoms with Gasteiger partial charge in [0.15, 0.2) is 11.6 Å². The topological polar surface area (TPSA) is 57.6 Å². The molecule has 1 saturated heterocycles. The third kappa shape index (κ3) is 2.94. The van der Waals surface area contributed by atoms with Crippen LogP contribution in [0.3, 0.4) is 0 Å². The normalized spacial score (nSPS) is 26.3. The Hall–Kier alpha value is -1.98. The highest BCUT2D eigenvalue weighted by Crippen LogP contribution is 2.42. The molecule has 2 fully saturated rings. The van der Waals surface area contributed by atoms with Crippen molar-refractivity contribution >= 4 is 11.9 Å². The summed E-state index contributed by atoms with van der Waals surface area (Å²) in [5.74, 6) is -2.85. The van der Waals surface area contributed by atoms with E-state index in [0.717, 1.165) is 25.3 Å². The number of hydrogen-bond donors (Lipinski definition) is 1. The maximum Gasteiger partial charge on any atom is 0.326 e. The van der Waals surface area contributed by atoms with E-state index in [2.05, 4.69) is 0 Å². The highest BCUT2D eigenvalue weighted by molar-refractivity contribution is 5.85. The number of aliphatic carboxylic acids is 1. The molecule has 0 aromatic heterocycles. The van der Waals surface area contributed by atoms with Gasteiger partial charge in [0.1, 0.15) is 6.04 Å². The van der Waals surface area contributed by atoms with Crippen molar-refractivity contribution in [1.29, 1.82) is 0 Å². The molecule has 23 heavy (non-hydrogen) atoms. The summed E-state index contributed by atoms with van der Waals surface area (Å²) in [6.07, 6.45) is 2.86. The molecule has 1 heterocycles. The Labute approximate surface area is 133 Å². The second-order valence-corrected chi connectivity index (χ2v) is 6.40. The van der Waals surface area contributed by atoms with Crippen LogP contribution in [0.1, 0.15) is 31.2 Å². The predicted molar refractivity (Wildman–Crippen MR) is 78.6 cm³/mol. The van der Waals surface area contributed by atoms with Gasteiger partial charge in [-0.1, -0.05) is 18.6 Å². The van der Waals surface area contributed by atoms with E-state index < -0.39 is 23.6 Å². The quantitative estimate of drug-likeness (QED) is 0.926. The lowest BCUT2D eigenvalue weighted by atomic mass is 9.94. The van der Waals surface area contributed by atoms with Gasteiger partial charge in [0.05, 0.1) is 0 Å². The minimum absolute atomic E-state index is 0.0103. The number of carbonyl (C=O) groups is 2. The van der Waals surface area contributed by atoms with Crippen molar-refractivity contribution in [2.75, 3.05) is 6.54 Å². The maximum absolute atomic E-state index is 13.6. The lowest BCUT2D eigenvalue weighted by molar-refractivity contribution is -0.149. The molecule has 0 spiro atoms. The largest absolute Gasteiger partial charge is 0.480 e. The van der Waals surface area contributed by atoms with Crippen molar-refractivity contribution in [3.63, 3.8) is 0 Å². The molecule has 3 atom stereocenters. The standard InChI is InChI=1S/C17H19F2NO3/c18-13-6-2-3-10(15(13)19)7-8-14(21)20-9-11-4-1-5-12(11)16(20)17(22)23/h2-3,6,11-12,16H,1,4-5,7-9H2,(H,22,23). The van der Waals surface area contributed by atoms with Crippen LogP contribution in [-0.4, -0.2) is 34.5 Å². The molecule has 1 aromatic rings. The van der Waals surface area contributed by atoms with Crippen LogP contribution in [0.5, 0.6) is 0 Å². The van der Waals surface area contributed by atoms with Crippen molar-refractivity contribution in [3.8, 4) is 0 Å². The summed E-state index contributed by atoms with van der Waals surface area (Å²) in [7, 11) is 0. The minimum atomic E-state index is -0.968. The van der Waals surface area contributed by atoms with E-state index in [0.29, 0.717) is 6.54 Å². The number of carbonyl (C=O) groups excluding carboxylic acids is 1. The fraction of sp³-hybridized carbons (Fsp3) is 0.529. The van der Waals surface area contributed by atoms with Gasteiger partial charge in [-0.3, -0.25) is 4.79 Å². The Balaban J connectivity index is 1.68. The second kappa shape index (κ2) is 6.26. The molecular formula is C17H19F2NO3. The highest BCUT2D eigenvalue weighted by Gasteiger charge is 2.49. The predicted octanol–water partition coefficient (Wildman–Crippen LogP) is 2.61. The Morgan fingerprint density at radius 3 is 2.78 bits per heavy atom. The van der Waals surface area contributed by atoms with Gasteiger partial charge in [-0.05, 0) is 42.7 Å². The molecule has 1 aliphatic heterocycles. The average Bonchev–Trinajstić information content (AvgIpc) is 3.08. The second-order valence-electron chi connectivity index (χ2n) is 6.40. The molecule has 1 amide bonds. The van der Waals surface area contributed by atoms with Gasteiger partial charge in [-0.15, -0.1) is 0 Å². The summed E-state index contributed by atoms with van der Waals surface area (Å²) >= 11 is 0. The van der Waals surface area contributed by atoms with Crippen LogP contribution < -0.4 is 0 Å². The molecule has 124 valence electrons. The number of nitrogens with zero attached hydrogens (tertiary/aromatic N) is 1. The fourth-order valence-corrected chi connectivity index (χ4v) is 4.01. The number of amides is 1. The molecular weight excluding hydrogens is 304 g/mol. The first-order chi connectivity index (χ1) is 11.0. The first-order valence-electron chi connectivity index (χ1n) is 7.94. The smallest absolute Gasteiger partial charge is 0.326 e. The molecule has 0 radical (unpaired) electrons. The molecule has 4 nitrogen and oxygen atoms in total. The maximum atomic E-state index is 13.6. The molecule has 1 aromatic carbocycles. The van der Waals surface area contributed by atoms with E-state index in [1.165, 1.54) is 17.0 Å². The van der Waals surface area contributed by atoms with E-state index >= 15 is 0 Å². The molecule has 3 rings (SSSR count). The lowest BCUT2D eigenvalue weighted by Crippen LogP contribution is -2.43. The van der Waals surface area contributed by atoms with Gasteiger partial charge in [0.25, 0.3) is 0 Å². The summed E-state index contributed by atoms with van der Waals surface area (Å²) in [5.41, 5.74) is 0.143. The Morgan fingerprint density at radius 2 is 2.04 bits per heavy atom. The summed E-state index contributed by atoms with van der Waals surface area (Å²) in [4.78, 5) is 25.4. The number of fused-ring (bicyclic) bond motifs is 1. The number of carboxylic acid groups (broad SMARTS) is 1. The lowest BCUT2D eigenvalue weighted by Gasteiger charge is -2.24. The van der Waals surface area contributed by atoms with E-state index in [4.69, 9.17) is 0 Å². The van der Waals surface area contributed by atoms with E-state index in [-0.39, 0.29) is 36.1 Å². The zero-order chi connectivity index (χ0) is 16.6. The first-order valence-corrected chi connectivity index (χ1v) is 7.94. The van der Waals surface area contributed by atoms with Gasteiger partial charge in [0.2, 0.25) is 5.91 Å². The number of halogens is 2. The SMILES string of the molecule is O=C(O)C1C2CCCC2CN1C(=O)CCc1cccc(F)c1F. The van der Waals surface area contributed by atoms with Gasteiger partial charge in [-0.2, -0.15) is 0 Å². The van der Waals surface area contributed by atoms with Gasteiger partial charge in [0, 0.05) is 13.0 Å². The molecule has 2 aliphatic rings. The van der Waals surface area contributed by atoms with Crippen LogP contribution in [-0.2, 0) is 16.0 Å². The van der Waals surface area contributed by atoms with Gasteiger partial charge >= 0.3 is 5.97 Å². The van der Waals surface area contributed by atoms with Crippen molar-refractivity contribution < 1.29 is 23.5 Å². The summed E-state index contributed by atoms with van der Waals surface area (Å²) in [6, 6.07) is 3.10. The average molecular weight is 323 g/mol. The van der Waals surface area contributed by atoms with Crippen LogP contribution in [0.25, 0.3) is 0 Å². The molecule has 1 aliphatic carbocycles.